The molecule has 26 heavy (non-hydrogen) atoms. The van der Waals surface area contributed by atoms with Gasteiger partial charge in [0.05, 0.1) is 36.0 Å². The van der Waals surface area contributed by atoms with Crippen LogP contribution in [0.4, 0.5) is 10.7 Å². The standard InChI is InChI=1S/C18H16N2O5S/c1-23-11-5-6-12(14(10-11)24-2)19-18(22)15-7-8-16(26-15)20-17(21)13-4-3-9-25-13/h3-10H,1-2H3,(H,19,22)(H,20,21). The van der Waals surface area contributed by atoms with Gasteiger partial charge in [-0.1, -0.05) is 0 Å². The van der Waals surface area contributed by atoms with Gasteiger partial charge in [-0.2, -0.15) is 0 Å². The van der Waals surface area contributed by atoms with Crippen molar-refractivity contribution in [2.75, 3.05) is 24.9 Å². The topological polar surface area (TPSA) is 89.8 Å². The largest absolute Gasteiger partial charge is 0.497 e. The van der Waals surface area contributed by atoms with E-state index in [0.29, 0.717) is 27.1 Å². The van der Waals surface area contributed by atoms with E-state index in [4.69, 9.17) is 13.9 Å². The van der Waals surface area contributed by atoms with Crippen molar-refractivity contribution in [1.82, 2.24) is 0 Å². The van der Waals surface area contributed by atoms with E-state index in [1.165, 1.54) is 13.4 Å². The lowest BCUT2D eigenvalue weighted by atomic mass is 10.2. The molecule has 1 aromatic carbocycles. The Morgan fingerprint density at radius 2 is 1.85 bits per heavy atom. The number of anilines is 2. The molecule has 0 atom stereocenters. The zero-order valence-corrected chi connectivity index (χ0v) is 14.9. The molecule has 134 valence electrons. The van der Waals surface area contributed by atoms with Gasteiger partial charge in [0, 0.05) is 6.07 Å². The lowest BCUT2D eigenvalue weighted by molar-refractivity contribution is 0.0995. The lowest BCUT2D eigenvalue weighted by Crippen LogP contribution is -2.11. The molecule has 8 heteroatoms. The van der Waals surface area contributed by atoms with Crippen LogP contribution in [0.2, 0.25) is 0 Å². The highest BCUT2D eigenvalue weighted by molar-refractivity contribution is 7.18. The van der Waals surface area contributed by atoms with Gasteiger partial charge in [-0.15, -0.1) is 11.3 Å². The van der Waals surface area contributed by atoms with Crippen molar-refractivity contribution in [3.63, 3.8) is 0 Å². The van der Waals surface area contributed by atoms with E-state index in [1.807, 2.05) is 0 Å². The summed E-state index contributed by atoms with van der Waals surface area (Å²) < 4.78 is 15.4. The van der Waals surface area contributed by atoms with Crippen molar-refractivity contribution in [3.05, 3.63) is 59.4 Å². The van der Waals surface area contributed by atoms with Gasteiger partial charge in [0.15, 0.2) is 5.76 Å². The molecule has 0 unspecified atom stereocenters. The quantitative estimate of drug-likeness (QED) is 0.686. The lowest BCUT2D eigenvalue weighted by Gasteiger charge is -2.11. The van der Waals surface area contributed by atoms with Crippen molar-refractivity contribution >= 4 is 33.8 Å². The molecule has 0 aliphatic carbocycles. The minimum absolute atomic E-state index is 0.201. The zero-order valence-electron chi connectivity index (χ0n) is 14.1. The zero-order chi connectivity index (χ0) is 18.5. The smallest absolute Gasteiger partial charge is 0.291 e. The van der Waals surface area contributed by atoms with Crippen LogP contribution in [0.5, 0.6) is 11.5 Å². The molecule has 0 aliphatic rings. The number of benzene rings is 1. The van der Waals surface area contributed by atoms with Crippen molar-refractivity contribution in [3.8, 4) is 11.5 Å². The SMILES string of the molecule is COc1ccc(NC(=O)c2ccc(NC(=O)c3ccco3)s2)c(OC)c1. The van der Waals surface area contributed by atoms with E-state index in [0.717, 1.165) is 11.3 Å². The number of thiophene rings is 1. The molecule has 2 N–H and O–H groups in total. The fraction of sp³-hybridized carbons (Fsp3) is 0.111. The molecule has 0 bridgehead atoms. The number of amides is 2. The monoisotopic (exact) mass is 372 g/mol. The first-order chi connectivity index (χ1) is 12.6. The van der Waals surface area contributed by atoms with E-state index >= 15 is 0 Å². The maximum absolute atomic E-state index is 12.4. The first kappa shape index (κ1) is 17.6. The van der Waals surface area contributed by atoms with Gasteiger partial charge in [-0.25, -0.2) is 0 Å². The molecule has 7 nitrogen and oxygen atoms in total. The molecule has 0 radical (unpaired) electrons. The Morgan fingerprint density at radius 1 is 1.00 bits per heavy atom. The van der Waals surface area contributed by atoms with E-state index in [9.17, 15) is 9.59 Å². The normalized spacial score (nSPS) is 10.2. The second-order valence-corrected chi connectivity index (χ2v) is 6.20. The molecule has 0 saturated carbocycles. The molecule has 0 aliphatic heterocycles. The van der Waals surface area contributed by atoms with Crippen LogP contribution in [0.25, 0.3) is 0 Å². The number of carbonyl (C=O) groups excluding carboxylic acids is 2. The summed E-state index contributed by atoms with van der Waals surface area (Å²) in [5.41, 5.74) is 0.521. The number of furan rings is 1. The number of methoxy groups -OCH3 is 2. The number of hydrogen-bond acceptors (Lipinski definition) is 6. The number of hydrogen-bond donors (Lipinski definition) is 2. The van der Waals surface area contributed by atoms with E-state index in [1.54, 1.807) is 49.6 Å². The summed E-state index contributed by atoms with van der Waals surface area (Å²) in [6.45, 7) is 0. The highest BCUT2D eigenvalue weighted by Crippen LogP contribution is 2.30. The third-order valence-corrected chi connectivity index (χ3v) is 4.47. The Balaban J connectivity index is 1.69. The predicted octanol–water partition coefficient (Wildman–Crippen LogP) is 3.86. The number of rotatable bonds is 6. The third-order valence-electron chi connectivity index (χ3n) is 3.47. The summed E-state index contributed by atoms with van der Waals surface area (Å²) in [5.74, 6) is 0.629. The Kier molecular flexibility index (Phi) is 5.23. The minimum atomic E-state index is -0.374. The van der Waals surface area contributed by atoms with E-state index in [-0.39, 0.29) is 17.6 Å². The number of ether oxygens (including phenoxy) is 2. The van der Waals surface area contributed by atoms with Gasteiger partial charge < -0.3 is 24.5 Å². The second kappa shape index (κ2) is 7.75. The first-order valence-electron chi connectivity index (χ1n) is 7.59. The maximum atomic E-state index is 12.4. The Labute approximate surface area is 153 Å². The summed E-state index contributed by atoms with van der Waals surface area (Å²) in [6.07, 6.45) is 1.42. The van der Waals surface area contributed by atoms with Crippen molar-refractivity contribution in [1.29, 1.82) is 0 Å². The highest BCUT2D eigenvalue weighted by Gasteiger charge is 2.15. The fourth-order valence-corrected chi connectivity index (χ4v) is 2.99. The van der Waals surface area contributed by atoms with Crippen molar-refractivity contribution < 1.29 is 23.5 Å². The molecular weight excluding hydrogens is 356 g/mol. The molecule has 3 aromatic rings. The fourth-order valence-electron chi connectivity index (χ4n) is 2.19. The van der Waals surface area contributed by atoms with Gasteiger partial charge >= 0.3 is 0 Å². The van der Waals surface area contributed by atoms with Crippen LogP contribution in [0.15, 0.2) is 53.1 Å². The van der Waals surface area contributed by atoms with Crippen molar-refractivity contribution in [2.24, 2.45) is 0 Å². The summed E-state index contributed by atoms with van der Waals surface area (Å²) in [5, 5.41) is 6.01. The Bertz CT molecular complexity index is 918. The number of carbonyl (C=O) groups is 2. The molecule has 0 saturated heterocycles. The van der Waals surface area contributed by atoms with Crippen LogP contribution in [-0.2, 0) is 0 Å². The summed E-state index contributed by atoms with van der Waals surface area (Å²) >= 11 is 1.16. The summed E-state index contributed by atoms with van der Waals surface area (Å²) in [7, 11) is 3.06. The average molecular weight is 372 g/mol. The van der Waals surface area contributed by atoms with E-state index in [2.05, 4.69) is 10.6 Å². The summed E-state index contributed by atoms with van der Waals surface area (Å²) in [4.78, 5) is 24.9. The van der Waals surface area contributed by atoms with Gasteiger partial charge in [0.1, 0.15) is 11.5 Å². The molecule has 2 heterocycles. The summed E-state index contributed by atoms with van der Waals surface area (Å²) in [6, 6.07) is 11.6. The van der Waals surface area contributed by atoms with Crippen LogP contribution in [0.1, 0.15) is 20.2 Å². The van der Waals surface area contributed by atoms with Crippen LogP contribution in [0, 0.1) is 0 Å². The van der Waals surface area contributed by atoms with Gasteiger partial charge in [-0.05, 0) is 36.4 Å². The van der Waals surface area contributed by atoms with Gasteiger partial charge in [-0.3, -0.25) is 9.59 Å². The predicted molar refractivity (Wildman–Crippen MR) is 98.5 cm³/mol. The van der Waals surface area contributed by atoms with Crippen LogP contribution in [-0.4, -0.2) is 26.0 Å². The first-order valence-corrected chi connectivity index (χ1v) is 8.40. The van der Waals surface area contributed by atoms with Crippen LogP contribution in [0.3, 0.4) is 0 Å². The van der Waals surface area contributed by atoms with E-state index < -0.39 is 0 Å². The second-order valence-electron chi connectivity index (χ2n) is 5.12. The molecule has 0 spiro atoms. The molecule has 0 fully saturated rings. The van der Waals surface area contributed by atoms with Gasteiger partial charge in [0.25, 0.3) is 11.8 Å². The molecular formula is C18H16N2O5S. The molecule has 3 rings (SSSR count). The molecule has 2 aromatic heterocycles. The number of nitrogens with one attached hydrogen (secondary N) is 2. The average Bonchev–Trinajstić information content (AvgIpc) is 3.34. The third kappa shape index (κ3) is 3.86. The maximum Gasteiger partial charge on any atom is 0.291 e. The van der Waals surface area contributed by atoms with Crippen LogP contribution >= 0.6 is 11.3 Å². The van der Waals surface area contributed by atoms with Gasteiger partial charge in [0.2, 0.25) is 0 Å². The van der Waals surface area contributed by atoms with Crippen molar-refractivity contribution in [2.45, 2.75) is 0 Å². The van der Waals surface area contributed by atoms with Crippen LogP contribution < -0.4 is 20.1 Å². The highest BCUT2D eigenvalue weighted by atomic mass is 32.1. The Hall–Kier alpha value is -3.26. The Morgan fingerprint density at radius 3 is 2.54 bits per heavy atom. The molecule has 2 amide bonds. The minimum Gasteiger partial charge on any atom is -0.497 e.